The monoisotopic (exact) mass is 247 g/mol. The van der Waals surface area contributed by atoms with Gasteiger partial charge >= 0.3 is 6.09 Å². The Labute approximate surface area is 106 Å². The van der Waals surface area contributed by atoms with Crippen molar-refractivity contribution >= 4 is 6.09 Å². The van der Waals surface area contributed by atoms with Crippen LogP contribution in [-0.4, -0.2) is 35.3 Å². The molecule has 0 fully saturated rings. The number of β-amino-alcohol motifs (C(OH)–C–C–N with tert-alkyl or cyclic N) is 1. The molecule has 0 unspecified atom stereocenters. The highest BCUT2D eigenvalue weighted by Crippen LogP contribution is 2.11. The molecule has 1 heterocycles. The predicted molar refractivity (Wildman–Crippen MR) is 68.0 cm³/mol. The Morgan fingerprint density at radius 2 is 2.17 bits per heavy atom. The molecule has 0 spiro atoms. The van der Waals surface area contributed by atoms with Crippen molar-refractivity contribution in [3.63, 3.8) is 0 Å². The lowest BCUT2D eigenvalue weighted by atomic mass is 10.1. The summed E-state index contributed by atoms with van der Waals surface area (Å²) in [5.74, 6) is 0. The van der Waals surface area contributed by atoms with E-state index in [4.69, 9.17) is 4.74 Å². The van der Waals surface area contributed by atoms with E-state index in [1.807, 2.05) is 37.3 Å². The van der Waals surface area contributed by atoms with Crippen LogP contribution in [0.25, 0.3) is 0 Å². The standard InChI is InChI=1S/C14H17NO3/c1-11-7-13(16)9-15(8-11)14(17)18-10-12-5-3-2-4-6-12/h2-7,13,16H,8-10H2,1H3/t13-/m0/s1. The van der Waals surface area contributed by atoms with Crippen molar-refractivity contribution in [2.24, 2.45) is 0 Å². The molecule has 0 aliphatic carbocycles. The Balaban J connectivity index is 1.87. The molecule has 96 valence electrons. The second-order valence-corrected chi connectivity index (χ2v) is 4.50. The maximum Gasteiger partial charge on any atom is 0.410 e. The number of aliphatic hydroxyl groups excluding tert-OH is 1. The van der Waals surface area contributed by atoms with E-state index >= 15 is 0 Å². The van der Waals surface area contributed by atoms with Crippen molar-refractivity contribution < 1.29 is 14.6 Å². The van der Waals surface area contributed by atoms with Crippen molar-refractivity contribution in [3.8, 4) is 0 Å². The number of carbonyl (C=O) groups excluding carboxylic acids is 1. The summed E-state index contributed by atoms with van der Waals surface area (Å²) >= 11 is 0. The van der Waals surface area contributed by atoms with Gasteiger partial charge in [-0.05, 0) is 12.5 Å². The Morgan fingerprint density at radius 1 is 1.44 bits per heavy atom. The molecule has 1 atom stereocenters. The molecule has 0 radical (unpaired) electrons. The summed E-state index contributed by atoms with van der Waals surface area (Å²) in [5, 5.41) is 9.56. The molecule has 2 rings (SSSR count). The van der Waals surface area contributed by atoms with E-state index in [9.17, 15) is 9.90 Å². The third-order valence-corrected chi connectivity index (χ3v) is 2.79. The minimum atomic E-state index is -0.594. The molecule has 0 saturated heterocycles. The fourth-order valence-corrected chi connectivity index (χ4v) is 1.97. The molecular weight excluding hydrogens is 230 g/mol. The van der Waals surface area contributed by atoms with Crippen molar-refractivity contribution in [2.45, 2.75) is 19.6 Å². The number of hydrogen-bond donors (Lipinski definition) is 1. The zero-order valence-electron chi connectivity index (χ0n) is 10.4. The smallest absolute Gasteiger partial charge is 0.410 e. The van der Waals surface area contributed by atoms with Gasteiger partial charge in [0.25, 0.3) is 0 Å². The lowest BCUT2D eigenvalue weighted by Crippen LogP contribution is -2.41. The third kappa shape index (κ3) is 3.34. The highest BCUT2D eigenvalue weighted by Gasteiger charge is 2.22. The number of rotatable bonds is 2. The second kappa shape index (κ2) is 5.69. The second-order valence-electron chi connectivity index (χ2n) is 4.50. The Bertz CT molecular complexity index is 442. The third-order valence-electron chi connectivity index (χ3n) is 2.79. The van der Waals surface area contributed by atoms with Gasteiger partial charge in [0.15, 0.2) is 0 Å². The summed E-state index contributed by atoms with van der Waals surface area (Å²) in [6.45, 7) is 2.96. The normalized spacial score (nSPS) is 19.3. The SMILES string of the molecule is CC1=C[C@H](O)CN(C(=O)OCc2ccccc2)C1. The minimum absolute atomic E-state index is 0.259. The summed E-state index contributed by atoms with van der Waals surface area (Å²) in [5.41, 5.74) is 1.93. The van der Waals surface area contributed by atoms with Crippen LogP contribution in [0.3, 0.4) is 0 Å². The minimum Gasteiger partial charge on any atom is -0.445 e. The Morgan fingerprint density at radius 3 is 2.83 bits per heavy atom. The van der Waals surface area contributed by atoms with Crippen molar-refractivity contribution in [2.75, 3.05) is 13.1 Å². The molecule has 0 bridgehead atoms. The first-order valence-corrected chi connectivity index (χ1v) is 5.96. The van der Waals surface area contributed by atoms with Gasteiger partial charge in [-0.1, -0.05) is 42.0 Å². The van der Waals surface area contributed by atoms with Gasteiger partial charge in [-0.25, -0.2) is 4.79 Å². The van der Waals surface area contributed by atoms with Crippen molar-refractivity contribution in [3.05, 3.63) is 47.5 Å². The summed E-state index contributed by atoms with van der Waals surface area (Å²) in [7, 11) is 0. The van der Waals surface area contributed by atoms with Gasteiger partial charge in [0.05, 0.1) is 12.6 Å². The number of ether oxygens (including phenoxy) is 1. The highest BCUT2D eigenvalue weighted by molar-refractivity contribution is 5.68. The Hall–Kier alpha value is -1.81. The molecule has 4 heteroatoms. The molecular formula is C14H17NO3. The van der Waals surface area contributed by atoms with Crippen LogP contribution in [0.4, 0.5) is 4.79 Å². The largest absolute Gasteiger partial charge is 0.445 e. The van der Waals surface area contributed by atoms with E-state index in [2.05, 4.69) is 0 Å². The van der Waals surface area contributed by atoms with Crippen LogP contribution in [-0.2, 0) is 11.3 Å². The average molecular weight is 247 g/mol. The Kier molecular flexibility index (Phi) is 3.99. The van der Waals surface area contributed by atoms with Gasteiger partial charge < -0.3 is 14.7 Å². The number of aliphatic hydroxyl groups is 1. The number of carbonyl (C=O) groups is 1. The van der Waals surface area contributed by atoms with E-state index < -0.39 is 6.10 Å². The zero-order chi connectivity index (χ0) is 13.0. The predicted octanol–water partition coefficient (Wildman–Crippen LogP) is 1.95. The van der Waals surface area contributed by atoms with Crippen LogP contribution in [0.1, 0.15) is 12.5 Å². The molecule has 4 nitrogen and oxygen atoms in total. The summed E-state index contributed by atoms with van der Waals surface area (Å²) in [6, 6.07) is 9.54. The quantitative estimate of drug-likeness (QED) is 0.813. The van der Waals surface area contributed by atoms with Crippen molar-refractivity contribution in [1.29, 1.82) is 0 Å². The molecule has 1 aromatic rings. The highest BCUT2D eigenvalue weighted by atomic mass is 16.6. The van der Waals surface area contributed by atoms with Crippen LogP contribution in [0, 0.1) is 0 Å². The first kappa shape index (κ1) is 12.6. The summed E-state index contributed by atoms with van der Waals surface area (Å²) in [6.07, 6.45) is 0.787. The molecule has 1 aliphatic heterocycles. The van der Waals surface area contributed by atoms with Gasteiger partial charge in [-0.3, -0.25) is 0 Å². The summed E-state index contributed by atoms with van der Waals surface area (Å²) < 4.78 is 5.21. The van der Waals surface area contributed by atoms with Gasteiger partial charge in [-0.15, -0.1) is 0 Å². The van der Waals surface area contributed by atoms with E-state index in [0.717, 1.165) is 11.1 Å². The molecule has 1 N–H and O–H groups in total. The summed E-state index contributed by atoms with van der Waals surface area (Å²) in [4.78, 5) is 13.3. The van der Waals surface area contributed by atoms with Gasteiger partial charge in [0.1, 0.15) is 6.61 Å². The molecule has 1 aliphatic rings. The molecule has 1 aromatic carbocycles. The molecule has 0 saturated carbocycles. The lowest BCUT2D eigenvalue weighted by molar-refractivity contribution is 0.0778. The molecule has 1 amide bonds. The van der Waals surface area contributed by atoms with Crippen LogP contribution in [0.2, 0.25) is 0 Å². The number of hydrogen-bond acceptors (Lipinski definition) is 3. The van der Waals surface area contributed by atoms with Gasteiger partial charge in [0, 0.05) is 6.54 Å². The van der Waals surface area contributed by atoms with Crippen LogP contribution in [0.15, 0.2) is 42.0 Å². The maximum absolute atomic E-state index is 11.8. The molecule has 0 aromatic heterocycles. The fraction of sp³-hybridized carbons (Fsp3) is 0.357. The van der Waals surface area contributed by atoms with Gasteiger partial charge in [-0.2, -0.15) is 0 Å². The van der Waals surface area contributed by atoms with E-state index in [1.54, 1.807) is 6.08 Å². The zero-order valence-corrected chi connectivity index (χ0v) is 10.4. The number of benzene rings is 1. The van der Waals surface area contributed by atoms with Crippen molar-refractivity contribution in [1.82, 2.24) is 4.90 Å². The average Bonchev–Trinajstić information content (AvgIpc) is 2.36. The van der Waals surface area contributed by atoms with E-state index in [-0.39, 0.29) is 12.7 Å². The van der Waals surface area contributed by atoms with Crippen LogP contribution >= 0.6 is 0 Å². The van der Waals surface area contributed by atoms with Gasteiger partial charge in [0.2, 0.25) is 0 Å². The maximum atomic E-state index is 11.8. The first-order chi connectivity index (χ1) is 8.65. The van der Waals surface area contributed by atoms with Crippen LogP contribution in [0.5, 0.6) is 0 Å². The van der Waals surface area contributed by atoms with E-state index in [0.29, 0.717) is 13.1 Å². The first-order valence-electron chi connectivity index (χ1n) is 5.96. The lowest BCUT2D eigenvalue weighted by Gasteiger charge is -2.28. The van der Waals surface area contributed by atoms with Crippen LogP contribution < -0.4 is 0 Å². The topological polar surface area (TPSA) is 49.8 Å². The number of nitrogens with zero attached hydrogens (tertiary/aromatic N) is 1. The fourth-order valence-electron chi connectivity index (χ4n) is 1.97. The van der Waals surface area contributed by atoms with E-state index in [1.165, 1.54) is 4.90 Å². The molecule has 18 heavy (non-hydrogen) atoms. The number of amides is 1.